The quantitative estimate of drug-likeness (QED) is 0.721. The van der Waals surface area contributed by atoms with Gasteiger partial charge in [-0.15, -0.1) is 0 Å². The third-order valence-corrected chi connectivity index (χ3v) is 6.80. The van der Waals surface area contributed by atoms with E-state index in [2.05, 4.69) is 11.8 Å². The van der Waals surface area contributed by atoms with Crippen LogP contribution < -0.4 is 9.64 Å². The Hall–Kier alpha value is -2.58. The van der Waals surface area contributed by atoms with E-state index in [4.69, 9.17) is 4.74 Å². The van der Waals surface area contributed by atoms with Crippen molar-refractivity contribution >= 4 is 21.6 Å². The zero-order valence-electron chi connectivity index (χ0n) is 17.2. The Bertz CT molecular complexity index is 991. The Morgan fingerprint density at radius 2 is 1.86 bits per heavy atom. The van der Waals surface area contributed by atoms with Crippen LogP contribution in [-0.2, 0) is 10.0 Å². The minimum atomic E-state index is -3.60. The molecular formula is C21H27N3O4S. The molecule has 1 aliphatic heterocycles. The van der Waals surface area contributed by atoms with Crippen LogP contribution in [0.2, 0.25) is 0 Å². The number of hydrogen-bond acceptors (Lipinski definition) is 5. The number of hydrogen-bond donors (Lipinski definition) is 0. The Kier molecular flexibility index (Phi) is 6.14. The SMILES string of the molecule is CCN1C[C@@H](CN(C)C(=O)c2cccc(S(=O)(=O)N(C)C)c2)Oc2ccccc21. The molecule has 1 heterocycles. The van der Waals surface area contributed by atoms with Gasteiger partial charge >= 0.3 is 0 Å². The van der Waals surface area contributed by atoms with Crippen molar-refractivity contribution in [1.82, 2.24) is 9.21 Å². The first-order valence-electron chi connectivity index (χ1n) is 9.52. The summed E-state index contributed by atoms with van der Waals surface area (Å²) >= 11 is 0. The average molecular weight is 418 g/mol. The fourth-order valence-corrected chi connectivity index (χ4v) is 4.33. The smallest absolute Gasteiger partial charge is 0.253 e. The van der Waals surface area contributed by atoms with Gasteiger partial charge in [-0.3, -0.25) is 4.79 Å². The normalized spacial score (nSPS) is 16.3. The van der Waals surface area contributed by atoms with Crippen LogP contribution in [-0.4, -0.2) is 70.4 Å². The molecule has 1 atom stereocenters. The zero-order valence-corrected chi connectivity index (χ0v) is 18.0. The van der Waals surface area contributed by atoms with E-state index in [0.29, 0.717) is 18.7 Å². The molecule has 1 aliphatic rings. The lowest BCUT2D eigenvalue weighted by molar-refractivity contribution is 0.0709. The van der Waals surface area contributed by atoms with E-state index in [9.17, 15) is 13.2 Å². The van der Waals surface area contributed by atoms with E-state index in [1.807, 2.05) is 24.3 Å². The van der Waals surface area contributed by atoms with E-state index < -0.39 is 10.0 Å². The van der Waals surface area contributed by atoms with Crippen LogP contribution in [0.3, 0.4) is 0 Å². The van der Waals surface area contributed by atoms with E-state index in [-0.39, 0.29) is 16.9 Å². The zero-order chi connectivity index (χ0) is 21.2. The molecule has 0 N–H and O–H groups in total. The summed E-state index contributed by atoms with van der Waals surface area (Å²) in [5.41, 5.74) is 1.39. The molecule has 0 saturated carbocycles. The van der Waals surface area contributed by atoms with Crippen molar-refractivity contribution in [2.75, 3.05) is 45.7 Å². The second-order valence-corrected chi connectivity index (χ2v) is 9.40. The third kappa shape index (κ3) is 4.38. The molecule has 0 aliphatic carbocycles. The highest BCUT2D eigenvalue weighted by Crippen LogP contribution is 2.33. The van der Waals surface area contributed by atoms with Gasteiger partial charge in [-0.25, -0.2) is 12.7 Å². The second kappa shape index (κ2) is 8.42. The first kappa shape index (κ1) is 21.1. The number of amides is 1. The number of likely N-dealkylation sites (N-methyl/N-ethyl adjacent to an activating group) is 2. The van der Waals surface area contributed by atoms with Crippen molar-refractivity contribution in [3.8, 4) is 5.75 Å². The Morgan fingerprint density at radius 1 is 1.14 bits per heavy atom. The topological polar surface area (TPSA) is 70.2 Å². The molecule has 29 heavy (non-hydrogen) atoms. The summed E-state index contributed by atoms with van der Waals surface area (Å²) < 4.78 is 31.9. The first-order valence-corrected chi connectivity index (χ1v) is 11.0. The van der Waals surface area contributed by atoms with Crippen molar-refractivity contribution in [1.29, 1.82) is 0 Å². The van der Waals surface area contributed by atoms with Gasteiger partial charge in [0.05, 0.1) is 23.7 Å². The first-order chi connectivity index (χ1) is 13.7. The maximum absolute atomic E-state index is 12.9. The average Bonchev–Trinajstić information content (AvgIpc) is 2.72. The molecule has 0 aromatic heterocycles. The summed E-state index contributed by atoms with van der Waals surface area (Å²) in [5, 5.41) is 0. The van der Waals surface area contributed by atoms with E-state index in [1.54, 1.807) is 24.1 Å². The molecule has 0 saturated heterocycles. The van der Waals surface area contributed by atoms with Crippen molar-refractivity contribution < 1.29 is 17.9 Å². The minimum Gasteiger partial charge on any atom is -0.485 e. The molecule has 0 unspecified atom stereocenters. The molecule has 0 fully saturated rings. The molecule has 3 rings (SSSR count). The van der Waals surface area contributed by atoms with Gasteiger partial charge in [-0.1, -0.05) is 18.2 Å². The highest BCUT2D eigenvalue weighted by atomic mass is 32.2. The summed E-state index contributed by atoms with van der Waals surface area (Å²) in [6.45, 7) is 4.01. The molecule has 2 aromatic carbocycles. The number of rotatable bonds is 6. The molecule has 156 valence electrons. The summed E-state index contributed by atoms with van der Waals surface area (Å²) in [4.78, 5) is 16.8. The Balaban J connectivity index is 1.75. The molecular weight excluding hydrogens is 390 g/mol. The standard InChI is InChI=1S/C21H27N3O4S/c1-5-24-15-17(28-20-12-7-6-11-19(20)24)14-23(4)21(25)16-9-8-10-18(13-16)29(26,27)22(2)3/h6-13,17H,5,14-15H2,1-4H3/t17-/m1/s1. The van der Waals surface area contributed by atoms with Gasteiger partial charge in [-0.05, 0) is 37.3 Å². The van der Waals surface area contributed by atoms with Crippen LogP contribution in [0.25, 0.3) is 0 Å². The lowest BCUT2D eigenvalue weighted by Crippen LogP contribution is -2.46. The summed E-state index contributed by atoms with van der Waals surface area (Å²) in [5.74, 6) is 0.567. The number of ether oxygens (including phenoxy) is 1. The van der Waals surface area contributed by atoms with Gasteiger partial charge in [0.1, 0.15) is 11.9 Å². The Morgan fingerprint density at radius 3 is 2.55 bits per heavy atom. The number of sulfonamides is 1. The van der Waals surface area contributed by atoms with Crippen molar-refractivity contribution in [3.05, 3.63) is 54.1 Å². The van der Waals surface area contributed by atoms with Gasteiger partial charge < -0.3 is 14.5 Å². The van der Waals surface area contributed by atoms with Gasteiger partial charge in [0, 0.05) is 33.3 Å². The van der Waals surface area contributed by atoms with Gasteiger partial charge in [0.15, 0.2) is 0 Å². The molecule has 2 aromatic rings. The molecule has 8 heteroatoms. The summed E-state index contributed by atoms with van der Waals surface area (Å²) in [6, 6.07) is 14.0. The number of fused-ring (bicyclic) bond motifs is 1. The van der Waals surface area contributed by atoms with E-state index >= 15 is 0 Å². The number of para-hydroxylation sites is 2. The lowest BCUT2D eigenvalue weighted by Gasteiger charge is -2.37. The molecule has 7 nitrogen and oxygen atoms in total. The number of nitrogens with zero attached hydrogens (tertiary/aromatic N) is 3. The summed E-state index contributed by atoms with van der Waals surface area (Å²) in [6.07, 6.45) is -0.174. The van der Waals surface area contributed by atoms with E-state index in [1.165, 1.54) is 26.2 Å². The highest BCUT2D eigenvalue weighted by molar-refractivity contribution is 7.89. The lowest BCUT2D eigenvalue weighted by atomic mass is 10.1. The maximum atomic E-state index is 12.9. The fourth-order valence-electron chi connectivity index (χ4n) is 3.38. The fraction of sp³-hybridized carbons (Fsp3) is 0.381. The summed E-state index contributed by atoms with van der Waals surface area (Å²) in [7, 11) is 1.04. The largest absolute Gasteiger partial charge is 0.485 e. The van der Waals surface area contributed by atoms with Crippen LogP contribution in [0.15, 0.2) is 53.4 Å². The third-order valence-electron chi connectivity index (χ3n) is 4.99. The van der Waals surface area contributed by atoms with Crippen LogP contribution in [0, 0.1) is 0 Å². The number of benzene rings is 2. The van der Waals surface area contributed by atoms with Crippen LogP contribution >= 0.6 is 0 Å². The minimum absolute atomic E-state index is 0.0988. The van der Waals surface area contributed by atoms with Gasteiger partial charge in [0.25, 0.3) is 5.91 Å². The van der Waals surface area contributed by atoms with Gasteiger partial charge in [0.2, 0.25) is 10.0 Å². The van der Waals surface area contributed by atoms with Crippen molar-refractivity contribution in [3.63, 3.8) is 0 Å². The number of carbonyl (C=O) groups excluding carboxylic acids is 1. The highest BCUT2D eigenvalue weighted by Gasteiger charge is 2.27. The van der Waals surface area contributed by atoms with E-state index in [0.717, 1.165) is 22.3 Å². The Labute approximate surface area is 172 Å². The van der Waals surface area contributed by atoms with Crippen molar-refractivity contribution in [2.45, 2.75) is 17.9 Å². The van der Waals surface area contributed by atoms with Gasteiger partial charge in [-0.2, -0.15) is 0 Å². The van der Waals surface area contributed by atoms with Crippen molar-refractivity contribution in [2.24, 2.45) is 0 Å². The second-order valence-electron chi connectivity index (χ2n) is 7.25. The molecule has 0 spiro atoms. The van der Waals surface area contributed by atoms with Crippen LogP contribution in [0.1, 0.15) is 17.3 Å². The molecule has 0 bridgehead atoms. The monoisotopic (exact) mass is 417 g/mol. The number of anilines is 1. The van der Waals surface area contributed by atoms with Crippen LogP contribution in [0.5, 0.6) is 5.75 Å². The predicted octanol–water partition coefficient (Wildman–Crippen LogP) is 2.30. The van der Waals surface area contributed by atoms with Crippen LogP contribution in [0.4, 0.5) is 5.69 Å². The maximum Gasteiger partial charge on any atom is 0.253 e. The molecule has 1 amide bonds. The predicted molar refractivity (Wildman–Crippen MR) is 113 cm³/mol. The number of carbonyl (C=O) groups is 1. The molecule has 0 radical (unpaired) electrons.